The van der Waals surface area contributed by atoms with Crippen molar-refractivity contribution in [3.05, 3.63) is 11.9 Å². The second kappa shape index (κ2) is 4.55. The maximum atomic E-state index is 5.53. The molecule has 1 aliphatic carbocycles. The molecule has 1 aromatic heterocycles. The van der Waals surface area contributed by atoms with Crippen LogP contribution >= 0.6 is 0 Å². The third-order valence-electron chi connectivity index (χ3n) is 3.00. The molecule has 0 bridgehead atoms. The van der Waals surface area contributed by atoms with Crippen LogP contribution in [0.4, 0.5) is 0 Å². The molecule has 1 aromatic rings. The summed E-state index contributed by atoms with van der Waals surface area (Å²) in [7, 11) is 0. The lowest BCUT2D eigenvalue weighted by molar-refractivity contribution is 0.412. The van der Waals surface area contributed by atoms with E-state index in [1.807, 2.05) is 10.9 Å². The zero-order valence-electron chi connectivity index (χ0n) is 8.52. The lowest BCUT2D eigenvalue weighted by atomic mass is 10.1. The summed E-state index contributed by atoms with van der Waals surface area (Å²) in [5.41, 5.74) is 6.71. The first kappa shape index (κ1) is 9.65. The number of hydrogen-bond donors (Lipinski definition) is 1. The Morgan fingerprint density at radius 2 is 2.21 bits per heavy atom. The summed E-state index contributed by atoms with van der Waals surface area (Å²) in [5, 5.41) is 8.05. The molecule has 0 radical (unpaired) electrons. The van der Waals surface area contributed by atoms with Crippen molar-refractivity contribution in [3.8, 4) is 0 Å². The van der Waals surface area contributed by atoms with Gasteiger partial charge >= 0.3 is 0 Å². The molecule has 14 heavy (non-hydrogen) atoms. The summed E-state index contributed by atoms with van der Waals surface area (Å²) in [5.74, 6) is 0.813. The minimum Gasteiger partial charge on any atom is -0.330 e. The van der Waals surface area contributed by atoms with Gasteiger partial charge in [0.15, 0.2) is 0 Å². The predicted molar refractivity (Wildman–Crippen MR) is 54.7 cm³/mol. The Morgan fingerprint density at radius 3 is 2.93 bits per heavy atom. The van der Waals surface area contributed by atoms with Crippen LogP contribution in [-0.2, 0) is 13.0 Å². The van der Waals surface area contributed by atoms with Crippen LogP contribution in [0.25, 0.3) is 0 Å². The van der Waals surface area contributed by atoms with Crippen molar-refractivity contribution in [2.24, 2.45) is 11.7 Å². The van der Waals surface area contributed by atoms with E-state index in [9.17, 15) is 0 Å². The number of nitrogens with zero attached hydrogens (tertiary/aromatic N) is 3. The molecule has 1 aliphatic rings. The highest BCUT2D eigenvalue weighted by atomic mass is 15.4. The molecule has 78 valence electrons. The zero-order valence-corrected chi connectivity index (χ0v) is 8.52. The molecule has 0 atom stereocenters. The summed E-state index contributed by atoms with van der Waals surface area (Å²) in [6.07, 6.45) is 8.18. The Labute approximate surface area is 84.5 Å². The topological polar surface area (TPSA) is 56.7 Å². The Bertz CT molecular complexity index is 275. The van der Waals surface area contributed by atoms with E-state index < -0.39 is 0 Å². The van der Waals surface area contributed by atoms with E-state index in [1.54, 1.807) is 0 Å². The maximum Gasteiger partial charge on any atom is 0.0725 e. The molecule has 4 nitrogen and oxygen atoms in total. The fourth-order valence-corrected chi connectivity index (χ4v) is 2.21. The van der Waals surface area contributed by atoms with Crippen LogP contribution in [0, 0.1) is 5.92 Å². The first-order valence-corrected chi connectivity index (χ1v) is 5.47. The van der Waals surface area contributed by atoms with Gasteiger partial charge in [-0.25, -0.2) is 4.68 Å². The van der Waals surface area contributed by atoms with Crippen LogP contribution in [0.1, 0.15) is 31.4 Å². The van der Waals surface area contributed by atoms with Crippen molar-refractivity contribution in [3.63, 3.8) is 0 Å². The van der Waals surface area contributed by atoms with Gasteiger partial charge in [-0.2, -0.15) is 0 Å². The highest BCUT2D eigenvalue weighted by Gasteiger charge is 2.16. The van der Waals surface area contributed by atoms with E-state index in [-0.39, 0.29) is 0 Å². The minimum absolute atomic E-state index is 0.679. The molecule has 0 amide bonds. The molecule has 1 heterocycles. The molecule has 0 saturated heterocycles. The Kier molecular flexibility index (Phi) is 3.14. The van der Waals surface area contributed by atoms with Crippen LogP contribution in [0.2, 0.25) is 0 Å². The van der Waals surface area contributed by atoms with Gasteiger partial charge in [-0.1, -0.05) is 18.1 Å². The van der Waals surface area contributed by atoms with Gasteiger partial charge < -0.3 is 5.73 Å². The minimum atomic E-state index is 0.679. The van der Waals surface area contributed by atoms with Crippen molar-refractivity contribution < 1.29 is 0 Å². The summed E-state index contributed by atoms with van der Waals surface area (Å²) < 4.78 is 2.03. The van der Waals surface area contributed by atoms with E-state index >= 15 is 0 Å². The largest absolute Gasteiger partial charge is 0.330 e. The summed E-state index contributed by atoms with van der Waals surface area (Å²) in [6, 6.07) is 0. The third-order valence-corrected chi connectivity index (χ3v) is 3.00. The molecule has 2 N–H and O–H groups in total. The van der Waals surface area contributed by atoms with Crippen molar-refractivity contribution in [1.29, 1.82) is 0 Å². The van der Waals surface area contributed by atoms with Gasteiger partial charge in [-0.15, -0.1) is 5.10 Å². The third kappa shape index (κ3) is 2.12. The quantitative estimate of drug-likeness (QED) is 0.777. The van der Waals surface area contributed by atoms with Gasteiger partial charge in [-0.3, -0.25) is 0 Å². The fourth-order valence-electron chi connectivity index (χ4n) is 2.21. The van der Waals surface area contributed by atoms with Gasteiger partial charge in [0.1, 0.15) is 0 Å². The fraction of sp³-hybridized carbons (Fsp3) is 0.800. The lowest BCUT2D eigenvalue weighted by Crippen LogP contribution is -2.14. The zero-order chi connectivity index (χ0) is 9.80. The van der Waals surface area contributed by atoms with E-state index in [0.717, 1.165) is 18.9 Å². The average molecular weight is 194 g/mol. The predicted octanol–water partition coefficient (Wildman–Crippen LogP) is 0.969. The number of hydrogen-bond acceptors (Lipinski definition) is 3. The monoisotopic (exact) mass is 194 g/mol. The first-order chi connectivity index (χ1) is 6.90. The number of aromatic nitrogens is 3. The van der Waals surface area contributed by atoms with Crippen LogP contribution in [-0.4, -0.2) is 21.5 Å². The van der Waals surface area contributed by atoms with E-state index in [0.29, 0.717) is 6.54 Å². The Balaban J connectivity index is 1.96. The summed E-state index contributed by atoms with van der Waals surface area (Å²) >= 11 is 0. The van der Waals surface area contributed by atoms with Crippen molar-refractivity contribution in [1.82, 2.24) is 15.0 Å². The van der Waals surface area contributed by atoms with Crippen LogP contribution in [0.3, 0.4) is 0 Å². The number of rotatable bonds is 4. The van der Waals surface area contributed by atoms with Crippen LogP contribution in [0.15, 0.2) is 6.20 Å². The second-order valence-electron chi connectivity index (χ2n) is 4.10. The highest BCUT2D eigenvalue weighted by molar-refractivity contribution is 4.94. The summed E-state index contributed by atoms with van der Waals surface area (Å²) in [6.45, 7) is 1.72. The van der Waals surface area contributed by atoms with Gasteiger partial charge in [0.05, 0.1) is 11.9 Å². The SMILES string of the molecule is NCCc1cnnn1CC1CCCC1. The molecule has 0 aromatic carbocycles. The molecule has 4 heteroatoms. The average Bonchev–Trinajstić information content (AvgIpc) is 2.80. The van der Waals surface area contributed by atoms with Gasteiger partial charge in [0.2, 0.25) is 0 Å². The molecule has 0 aliphatic heterocycles. The first-order valence-electron chi connectivity index (χ1n) is 5.47. The smallest absolute Gasteiger partial charge is 0.0725 e. The van der Waals surface area contributed by atoms with Crippen molar-refractivity contribution >= 4 is 0 Å². The van der Waals surface area contributed by atoms with E-state index in [1.165, 1.54) is 31.4 Å². The Morgan fingerprint density at radius 1 is 1.43 bits per heavy atom. The molecular weight excluding hydrogens is 176 g/mol. The molecule has 0 spiro atoms. The van der Waals surface area contributed by atoms with Gasteiger partial charge in [0.25, 0.3) is 0 Å². The molecule has 1 fully saturated rings. The maximum absolute atomic E-state index is 5.53. The molecule has 0 unspecified atom stereocenters. The standard InChI is InChI=1S/C10H18N4/c11-6-5-10-7-12-13-14(10)8-9-3-1-2-4-9/h7,9H,1-6,8,11H2. The lowest BCUT2D eigenvalue weighted by Gasteiger charge is -2.10. The molecule has 1 saturated carbocycles. The normalized spacial score (nSPS) is 17.8. The van der Waals surface area contributed by atoms with Gasteiger partial charge in [-0.05, 0) is 25.3 Å². The van der Waals surface area contributed by atoms with Gasteiger partial charge in [0, 0.05) is 13.0 Å². The van der Waals surface area contributed by atoms with E-state index in [4.69, 9.17) is 5.73 Å². The summed E-state index contributed by atoms with van der Waals surface area (Å²) in [4.78, 5) is 0. The second-order valence-corrected chi connectivity index (χ2v) is 4.10. The Hall–Kier alpha value is -0.900. The molecule has 2 rings (SSSR count). The van der Waals surface area contributed by atoms with Crippen molar-refractivity contribution in [2.75, 3.05) is 6.54 Å². The van der Waals surface area contributed by atoms with Crippen LogP contribution in [0.5, 0.6) is 0 Å². The van der Waals surface area contributed by atoms with E-state index in [2.05, 4.69) is 10.3 Å². The number of nitrogens with two attached hydrogens (primary N) is 1. The van der Waals surface area contributed by atoms with Crippen LogP contribution < -0.4 is 5.73 Å². The highest BCUT2D eigenvalue weighted by Crippen LogP contribution is 2.26. The van der Waals surface area contributed by atoms with Crippen molar-refractivity contribution in [2.45, 2.75) is 38.6 Å². The molecular formula is C10H18N4.